The molecule has 122 valence electrons. The number of hydrogen-bond donors (Lipinski definition) is 1. The van der Waals surface area contributed by atoms with E-state index < -0.39 is 0 Å². The van der Waals surface area contributed by atoms with E-state index in [-0.39, 0.29) is 6.04 Å². The van der Waals surface area contributed by atoms with E-state index in [2.05, 4.69) is 72.9 Å². The van der Waals surface area contributed by atoms with Crippen molar-refractivity contribution in [2.75, 3.05) is 6.61 Å². The van der Waals surface area contributed by atoms with Crippen LogP contribution < -0.4 is 5.32 Å². The monoisotopic (exact) mass is 309 g/mol. The second kappa shape index (κ2) is 8.28. The van der Waals surface area contributed by atoms with Crippen LogP contribution in [0, 0.1) is 0 Å². The summed E-state index contributed by atoms with van der Waals surface area (Å²) in [7, 11) is 0. The highest BCUT2D eigenvalue weighted by Crippen LogP contribution is 2.27. The van der Waals surface area contributed by atoms with Crippen LogP contribution in [0.1, 0.15) is 49.8 Å². The number of hydrogen-bond acceptors (Lipinski definition) is 2. The molecule has 0 radical (unpaired) electrons. The van der Waals surface area contributed by atoms with Gasteiger partial charge in [-0.25, -0.2) is 0 Å². The summed E-state index contributed by atoms with van der Waals surface area (Å²) in [6.07, 6.45) is 5.19. The van der Waals surface area contributed by atoms with Gasteiger partial charge in [0.2, 0.25) is 0 Å². The van der Waals surface area contributed by atoms with Gasteiger partial charge >= 0.3 is 0 Å². The smallest absolute Gasteiger partial charge is 0.0578 e. The van der Waals surface area contributed by atoms with Crippen LogP contribution in [0.25, 0.3) is 0 Å². The molecule has 1 saturated carbocycles. The highest BCUT2D eigenvalue weighted by molar-refractivity contribution is 5.31. The first kappa shape index (κ1) is 16.2. The third-order valence-electron chi connectivity index (χ3n) is 4.74. The summed E-state index contributed by atoms with van der Waals surface area (Å²) in [5, 5.41) is 3.90. The maximum absolute atomic E-state index is 5.78. The first-order valence-electron chi connectivity index (χ1n) is 8.84. The number of benzene rings is 2. The number of nitrogens with one attached hydrogen (secondary N) is 1. The molecule has 3 rings (SSSR count). The van der Waals surface area contributed by atoms with Gasteiger partial charge in [-0.1, -0.05) is 60.7 Å². The molecule has 2 nitrogen and oxygen atoms in total. The first-order chi connectivity index (χ1) is 11.4. The predicted molar refractivity (Wildman–Crippen MR) is 95.5 cm³/mol. The topological polar surface area (TPSA) is 21.3 Å². The Bertz CT molecular complexity index is 521. The molecule has 0 aliphatic heterocycles. The van der Waals surface area contributed by atoms with Crippen LogP contribution in [0.2, 0.25) is 0 Å². The second-order valence-corrected chi connectivity index (χ2v) is 6.35. The summed E-state index contributed by atoms with van der Waals surface area (Å²) in [5.74, 6) is 0. The summed E-state index contributed by atoms with van der Waals surface area (Å²) in [6, 6.07) is 22.4. The van der Waals surface area contributed by atoms with Crippen molar-refractivity contribution in [3.63, 3.8) is 0 Å². The van der Waals surface area contributed by atoms with Crippen molar-refractivity contribution >= 4 is 0 Å². The fraction of sp³-hybridized carbons (Fsp3) is 0.429. The lowest BCUT2D eigenvalue weighted by molar-refractivity contribution is 0.0298. The van der Waals surface area contributed by atoms with Gasteiger partial charge in [0.15, 0.2) is 0 Å². The Morgan fingerprint density at radius 3 is 1.87 bits per heavy atom. The molecule has 0 saturated heterocycles. The zero-order valence-corrected chi connectivity index (χ0v) is 13.9. The van der Waals surface area contributed by atoms with Crippen LogP contribution in [0.3, 0.4) is 0 Å². The van der Waals surface area contributed by atoms with Crippen molar-refractivity contribution in [2.45, 2.75) is 50.8 Å². The Balaban J connectivity index is 1.70. The Kier molecular flexibility index (Phi) is 5.84. The number of rotatable bonds is 6. The zero-order valence-electron chi connectivity index (χ0n) is 13.9. The van der Waals surface area contributed by atoms with Gasteiger partial charge in [-0.2, -0.15) is 0 Å². The molecule has 0 bridgehead atoms. The van der Waals surface area contributed by atoms with E-state index in [1.54, 1.807) is 0 Å². The van der Waals surface area contributed by atoms with Crippen LogP contribution in [-0.2, 0) is 4.74 Å². The molecule has 0 aromatic heterocycles. The molecule has 1 aliphatic rings. The third kappa shape index (κ3) is 4.43. The lowest BCUT2D eigenvalue weighted by Crippen LogP contribution is -2.38. The third-order valence-corrected chi connectivity index (χ3v) is 4.74. The van der Waals surface area contributed by atoms with E-state index in [4.69, 9.17) is 4.74 Å². The predicted octanol–water partition coefficient (Wildman–Crippen LogP) is 4.71. The van der Waals surface area contributed by atoms with Crippen molar-refractivity contribution in [2.24, 2.45) is 0 Å². The molecule has 0 atom stereocenters. The molecule has 0 amide bonds. The quantitative estimate of drug-likeness (QED) is 0.834. The van der Waals surface area contributed by atoms with Crippen molar-refractivity contribution in [1.82, 2.24) is 5.32 Å². The van der Waals surface area contributed by atoms with Crippen molar-refractivity contribution in [1.29, 1.82) is 0 Å². The normalized spacial score (nSPS) is 21.5. The minimum Gasteiger partial charge on any atom is -0.379 e. The molecule has 0 unspecified atom stereocenters. The minimum absolute atomic E-state index is 0.269. The van der Waals surface area contributed by atoms with Gasteiger partial charge in [0.05, 0.1) is 12.1 Å². The molecule has 0 spiro atoms. The Morgan fingerprint density at radius 1 is 0.870 bits per heavy atom. The van der Waals surface area contributed by atoms with Gasteiger partial charge in [0.25, 0.3) is 0 Å². The SMILES string of the molecule is CCOC1CCC(NC(c2ccccc2)c2ccccc2)CC1. The van der Waals surface area contributed by atoms with E-state index in [1.807, 2.05) is 0 Å². The van der Waals surface area contributed by atoms with E-state index >= 15 is 0 Å². The molecular weight excluding hydrogens is 282 g/mol. The van der Waals surface area contributed by atoms with Gasteiger partial charge < -0.3 is 10.1 Å². The summed E-state index contributed by atoms with van der Waals surface area (Å²) in [4.78, 5) is 0. The molecule has 2 heteroatoms. The Hall–Kier alpha value is -1.64. The van der Waals surface area contributed by atoms with Crippen molar-refractivity contribution in [3.05, 3.63) is 71.8 Å². The molecule has 1 fully saturated rings. The lowest BCUT2D eigenvalue weighted by atomic mass is 9.90. The van der Waals surface area contributed by atoms with Crippen LogP contribution in [-0.4, -0.2) is 18.8 Å². The van der Waals surface area contributed by atoms with Gasteiger partial charge in [-0.3, -0.25) is 0 Å². The summed E-state index contributed by atoms with van der Waals surface area (Å²) in [6.45, 7) is 2.92. The van der Waals surface area contributed by atoms with E-state index in [1.165, 1.54) is 36.8 Å². The van der Waals surface area contributed by atoms with E-state index in [0.717, 1.165) is 6.61 Å². The van der Waals surface area contributed by atoms with Crippen LogP contribution in [0.5, 0.6) is 0 Å². The van der Waals surface area contributed by atoms with Crippen molar-refractivity contribution < 1.29 is 4.74 Å². The maximum Gasteiger partial charge on any atom is 0.0578 e. The minimum atomic E-state index is 0.269. The zero-order chi connectivity index (χ0) is 15.9. The Morgan fingerprint density at radius 2 is 1.39 bits per heavy atom. The standard InChI is InChI=1S/C21H27NO/c1-2-23-20-15-13-19(14-16-20)22-21(17-9-5-3-6-10-17)18-11-7-4-8-12-18/h3-12,19-22H,2,13-16H2,1H3. The van der Waals surface area contributed by atoms with Gasteiger partial charge in [-0.15, -0.1) is 0 Å². The molecular formula is C21H27NO. The number of ether oxygens (including phenoxy) is 1. The van der Waals surface area contributed by atoms with Crippen LogP contribution in [0.4, 0.5) is 0 Å². The largest absolute Gasteiger partial charge is 0.379 e. The van der Waals surface area contributed by atoms with Crippen molar-refractivity contribution in [3.8, 4) is 0 Å². The summed E-state index contributed by atoms with van der Waals surface area (Å²) in [5.41, 5.74) is 2.68. The van der Waals surface area contributed by atoms with E-state index in [9.17, 15) is 0 Å². The van der Waals surface area contributed by atoms with Crippen LogP contribution >= 0.6 is 0 Å². The lowest BCUT2D eigenvalue weighted by Gasteiger charge is -2.32. The molecule has 1 N–H and O–H groups in total. The summed E-state index contributed by atoms with van der Waals surface area (Å²) < 4.78 is 5.78. The fourth-order valence-corrected chi connectivity index (χ4v) is 3.54. The second-order valence-electron chi connectivity index (χ2n) is 6.35. The molecule has 2 aromatic carbocycles. The van der Waals surface area contributed by atoms with Gasteiger partial charge in [0, 0.05) is 12.6 Å². The van der Waals surface area contributed by atoms with Gasteiger partial charge in [-0.05, 0) is 43.7 Å². The molecule has 2 aromatic rings. The van der Waals surface area contributed by atoms with Crippen LogP contribution in [0.15, 0.2) is 60.7 Å². The highest BCUT2D eigenvalue weighted by Gasteiger charge is 2.24. The molecule has 0 heterocycles. The highest BCUT2D eigenvalue weighted by atomic mass is 16.5. The maximum atomic E-state index is 5.78. The Labute approximate surface area is 139 Å². The fourth-order valence-electron chi connectivity index (χ4n) is 3.54. The average Bonchev–Trinajstić information content (AvgIpc) is 2.63. The first-order valence-corrected chi connectivity index (χ1v) is 8.84. The summed E-state index contributed by atoms with van der Waals surface area (Å²) >= 11 is 0. The van der Waals surface area contributed by atoms with Gasteiger partial charge in [0.1, 0.15) is 0 Å². The molecule has 23 heavy (non-hydrogen) atoms. The van der Waals surface area contributed by atoms with E-state index in [0.29, 0.717) is 12.1 Å². The average molecular weight is 309 g/mol. The molecule has 1 aliphatic carbocycles.